The molecule has 0 radical (unpaired) electrons. The van der Waals surface area contributed by atoms with Crippen molar-refractivity contribution in [2.45, 2.75) is 58.5 Å². The molecule has 0 rings (SSSR count). The van der Waals surface area contributed by atoms with Crippen molar-refractivity contribution in [1.29, 1.82) is 0 Å². The van der Waals surface area contributed by atoms with Crippen LogP contribution in [0.2, 0.25) is 0 Å². The predicted octanol–water partition coefficient (Wildman–Crippen LogP) is 2.52. The second-order valence-corrected chi connectivity index (χ2v) is 3.95. The number of methoxy groups -OCH3 is 1. The van der Waals surface area contributed by atoms with E-state index in [1.165, 1.54) is 20.0 Å². The van der Waals surface area contributed by atoms with Gasteiger partial charge in [0.25, 0.3) is 0 Å². The summed E-state index contributed by atoms with van der Waals surface area (Å²) in [5.41, 5.74) is 0. The molecule has 0 aliphatic carbocycles. The number of aliphatic hydroxyl groups is 1. The van der Waals surface area contributed by atoms with Crippen LogP contribution >= 0.6 is 0 Å². The number of esters is 1. The smallest absolute Gasteiger partial charge is 0.311 e. The molecule has 0 saturated heterocycles. The Morgan fingerprint density at radius 2 is 1.93 bits per heavy atom. The summed E-state index contributed by atoms with van der Waals surface area (Å²) in [5.74, 6) is -0.642. The van der Waals surface area contributed by atoms with Crippen molar-refractivity contribution in [3.8, 4) is 0 Å². The Labute approximate surface area is 92.8 Å². The van der Waals surface area contributed by atoms with Gasteiger partial charge in [-0.05, 0) is 12.8 Å². The Kier molecular flexibility index (Phi) is 8.38. The van der Waals surface area contributed by atoms with Crippen LogP contribution in [-0.2, 0) is 9.53 Å². The molecule has 0 aliphatic rings. The lowest BCUT2D eigenvalue weighted by Crippen LogP contribution is -2.28. The quantitative estimate of drug-likeness (QED) is 0.501. The molecule has 90 valence electrons. The highest BCUT2D eigenvalue weighted by Crippen LogP contribution is 2.16. The molecule has 0 saturated carbocycles. The Hall–Kier alpha value is -0.570. The van der Waals surface area contributed by atoms with Gasteiger partial charge in [0.1, 0.15) is 0 Å². The summed E-state index contributed by atoms with van der Waals surface area (Å²) in [4.78, 5) is 11.3. The van der Waals surface area contributed by atoms with E-state index in [0.717, 1.165) is 12.8 Å². The van der Waals surface area contributed by atoms with Gasteiger partial charge in [0, 0.05) is 0 Å². The predicted molar refractivity (Wildman–Crippen MR) is 60.6 cm³/mol. The van der Waals surface area contributed by atoms with Crippen molar-refractivity contribution >= 4 is 5.97 Å². The van der Waals surface area contributed by atoms with Gasteiger partial charge in [-0.25, -0.2) is 0 Å². The largest absolute Gasteiger partial charge is 0.469 e. The monoisotopic (exact) mass is 216 g/mol. The fraction of sp³-hybridized carbons (Fsp3) is 0.917. The lowest BCUT2D eigenvalue weighted by Gasteiger charge is -2.18. The first-order valence-corrected chi connectivity index (χ1v) is 5.93. The normalized spacial score (nSPS) is 14.7. The van der Waals surface area contributed by atoms with Crippen molar-refractivity contribution in [3.05, 3.63) is 0 Å². The molecule has 0 fully saturated rings. The van der Waals surface area contributed by atoms with E-state index in [0.29, 0.717) is 12.8 Å². The molecular weight excluding hydrogens is 192 g/mol. The minimum absolute atomic E-state index is 0.291. The summed E-state index contributed by atoms with van der Waals surface area (Å²) in [5, 5.41) is 9.81. The van der Waals surface area contributed by atoms with Crippen LogP contribution in [0, 0.1) is 5.92 Å². The zero-order valence-corrected chi connectivity index (χ0v) is 10.2. The van der Waals surface area contributed by atoms with E-state index in [-0.39, 0.29) is 11.9 Å². The molecule has 3 heteroatoms. The number of carbonyl (C=O) groups excluding carboxylic acids is 1. The maximum absolute atomic E-state index is 11.3. The van der Waals surface area contributed by atoms with Crippen LogP contribution in [0.1, 0.15) is 52.4 Å². The molecule has 1 N–H and O–H groups in total. The fourth-order valence-electron chi connectivity index (χ4n) is 1.73. The van der Waals surface area contributed by atoms with E-state index >= 15 is 0 Å². The third-order valence-corrected chi connectivity index (χ3v) is 2.76. The molecule has 0 aliphatic heterocycles. The number of unbranched alkanes of at least 4 members (excludes halogenated alkanes) is 3. The van der Waals surface area contributed by atoms with Crippen LogP contribution < -0.4 is 0 Å². The summed E-state index contributed by atoms with van der Waals surface area (Å²) in [6.45, 7) is 4.05. The molecule has 2 atom stereocenters. The lowest BCUT2D eigenvalue weighted by atomic mass is 9.95. The van der Waals surface area contributed by atoms with Crippen LogP contribution in [0.4, 0.5) is 0 Å². The summed E-state index contributed by atoms with van der Waals surface area (Å²) >= 11 is 0. The standard InChI is InChI=1S/C12H24O3/c1-4-6-7-8-9-11(13)10(5-2)12(14)15-3/h10-11,13H,4-9H2,1-3H3. The first-order valence-electron chi connectivity index (χ1n) is 5.93. The van der Waals surface area contributed by atoms with Gasteiger partial charge in [0.15, 0.2) is 0 Å². The maximum Gasteiger partial charge on any atom is 0.311 e. The van der Waals surface area contributed by atoms with Gasteiger partial charge >= 0.3 is 5.97 Å². The molecule has 0 amide bonds. The second kappa shape index (κ2) is 8.72. The van der Waals surface area contributed by atoms with Crippen molar-refractivity contribution in [3.63, 3.8) is 0 Å². The number of hydrogen-bond donors (Lipinski definition) is 1. The SMILES string of the molecule is CCCCCCC(O)C(CC)C(=O)OC. The van der Waals surface area contributed by atoms with E-state index in [2.05, 4.69) is 11.7 Å². The number of ether oxygens (including phenoxy) is 1. The van der Waals surface area contributed by atoms with E-state index in [4.69, 9.17) is 0 Å². The Morgan fingerprint density at radius 1 is 1.27 bits per heavy atom. The molecule has 15 heavy (non-hydrogen) atoms. The molecular formula is C12H24O3. The van der Waals surface area contributed by atoms with Crippen LogP contribution in [0.15, 0.2) is 0 Å². The van der Waals surface area contributed by atoms with Crippen LogP contribution in [0.25, 0.3) is 0 Å². The summed E-state index contributed by atoms with van der Waals surface area (Å²) < 4.78 is 4.65. The highest BCUT2D eigenvalue weighted by Gasteiger charge is 2.25. The first kappa shape index (κ1) is 14.4. The third kappa shape index (κ3) is 5.78. The summed E-state index contributed by atoms with van der Waals surface area (Å²) in [6.07, 6.45) is 5.30. The number of hydrogen-bond acceptors (Lipinski definition) is 3. The molecule has 0 aromatic rings. The van der Waals surface area contributed by atoms with Gasteiger partial charge in [0.05, 0.1) is 19.1 Å². The molecule has 0 spiro atoms. The van der Waals surface area contributed by atoms with Crippen LogP contribution in [0.3, 0.4) is 0 Å². The van der Waals surface area contributed by atoms with Crippen molar-refractivity contribution < 1.29 is 14.6 Å². The van der Waals surface area contributed by atoms with Gasteiger partial charge in [-0.15, -0.1) is 0 Å². The topological polar surface area (TPSA) is 46.5 Å². The molecule has 0 heterocycles. The number of carbonyl (C=O) groups is 1. The van der Waals surface area contributed by atoms with Gasteiger partial charge in [-0.2, -0.15) is 0 Å². The van der Waals surface area contributed by atoms with Crippen molar-refractivity contribution in [2.75, 3.05) is 7.11 Å². The third-order valence-electron chi connectivity index (χ3n) is 2.76. The van der Waals surface area contributed by atoms with E-state index in [9.17, 15) is 9.90 Å². The van der Waals surface area contributed by atoms with E-state index in [1.807, 2.05) is 6.92 Å². The average Bonchev–Trinajstić information content (AvgIpc) is 2.25. The fourth-order valence-corrected chi connectivity index (χ4v) is 1.73. The van der Waals surface area contributed by atoms with Crippen LogP contribution in [-0.4, -0.2) is 24.3 Å². The van der Waals surface area contributed by atoms with Gasteiger partial charge in [0.2, 0.25) is 0 Å². The Balaban J connectivity index is 3.83. The van der Waals surface area contributed by atoms with Crippen molar-refractivity contribution in [1.82, 2.24) is 0 Å². The Bertz CT molecular complexity index is 168. The molecule has 3 nitrogen and oxygen atoms in total. The van der Waals surface area contributed by atoms with Gasteiger partial charge in [-0.1, -0.05) is 39.5 Å². The highest BCUT2D eigenvalue weighted by molar-refractivity contribution is 5.72. The van der Waals surface area contributed by atoms with Crippen molar-refractivity contribution in [2.24, 2.45) is 5.92 Å². The van der Waals surface area contributed by atoms with E-state index < -0.39 is 6.10 Å². The number of rotatable bonds is 8. The summed E-state index contributed by atoms with van der Waals surface area (Å²) in [6, 6.07) is 0. The first-order chi connectivity index (χ1) is 7.17. The molecule has 2 unspecified atom stereocenters. The Morgan fingerprint density at radius 3 is 2.40 bits per heavy atom. The summed E-state index contributed by atoms with van der Waals surface area (Å²) in [7, 11) is 1.37. The highest BCUT2D eigenvalue weighted by atomic mass is 16.5. The number of aliphatic hydroxyl groups excluding tert-OH is 1. The van der Waals surface area contributed by atoms with Gasteiger partial charge < -0.3 is 9.84 Å². The van der Waals surface area contributed by atoms with E-state index in [1.54, 1.807) is 0 Å². The molecule has 0 bridgehead atoms. The molecule has 0 aromatic heterocycles. The second-order valence-electron chi connectivity index (χ2n) is 3.95. The minimum atomic E-state index is -0.542. The maximum atomic E-state index is 11.3. The van der Waals surface area contributed by atoms with Gasteiger partial charge in [-0.3, -0.25) is 4.79 Å². The average molecular weight is 216 g/mol. The minimum Gasteiger partial charge on any atom is -0.469 e. The zero-order chi connectivity index (χ0) is 11.7. The van der Waals surface area contributed by atoms with Crippen LogP contribution in [0.5, 0.6) is 0 Å². The molecule has 0 aromatic carbocycles. The lowest BCUT2D eigenvalue weighted by molar-refractivity contribution is -0.149. The zero-order valence-electron chi connectivity index (χ0n) is 10.2.